The van der Waals surface area contributed by atoms with Gasteiger partial charge < -0.3 is 5.11 Å². The van der Waals surface area contributed by atoms with Gasteiger partial charge in [0.15, 0.2) is 0 Å². The molecule has 3 nitrogen and oxygen atoms in total. The summed E-state index contributed by atoms with van der Waals surface area (Å²) in [5, 5.41) is 8.97. The van der Waals surface area contributed by atoms with E-state index >= 15 is 0 Å². The average Bonchev–Trinajstić information content (AvgIpc) is 2.38. The van der Waals surface area contributed by atoms with E-state index < -0.39 is 11.8 Å². The first-order valence-electron chi connectivity index (χ1n) is 5.22. The minimum absolute atomic E-state index is 0.0761. The lowest BCUT2D eigenvalue weighted by molar-refractivity contribution is -0.131. The van der Waals surface area contributed by atoms with Crippen LogP contribution in [0.3, 0.4) is 0 Å². The summed E-state index contributed by atoms with van der Waals surface area (Å²) in [4.78, 5) is 21.9. The van der Waals surface area contributed by atoms with Gasteiger partial charge in [-0.2, -0.15) is 0 Å². The summed E-state index contributed by atoms with van der Waals surface area (Å²) < 4.78 is 0. The van der Waals surface area contributed by atoms with Gasteiger partial charge in [0.1, 0.15) is 0 Å². The molecule has 0 spiro atoms. The Bertz CT molecular complexity index is 606. The number of ketones is 1. The second kappa shape index (κ2) is 5.02. The SMILES string of the molecule is O=C(O)C(=O)c1ccc(-c2ccccc2)c(Cl)c1. The summed E-state index contributed by atoms with van der Waals surface area (Å²) in [5.41, 5.74) is 1.75. The molecule has 0 aliphatic carbocycles. The van der Waals surface area contributed by atoms with Gasteiger partial charge in [0, 0.05) is 16.1 Å². The predicted molar refractivity (Wildman–Crippen MR) is 68.9 cm³/mol. The minimum atomic E-state index is -1.49. The zero-order valence-electron chi connectivity index (χ0n) is 9.26. The van der Waals surface area contributed by atoms with Crippen molar-refractivity contribution >= 4 is 23.4 Å². The summed E-state index contributed by atoms with van der Waals surface area (Å²) in [5.74, 6) is -2.45. The average molecular weight is 261 g/mol. The van der Waals surface area contributed by atoms with Crippen molar-refractivity contribution in [3.05, 3.63) is 59.1 Å². The van der Waals surface area contributed by atoms with Gasteiger partial charge in [0.05, 0.1) is 0 Å². The van der Waals surface area contributed by atoms with Gasteiger partial charge in [0.25, 0.3) is 5.78 Å². The normalized spacial score (nSPS) is 10.1. The number of hydrogen-bond acceptors (Lipinski definition) is 2. The predicted octanol–water partition coefficient (Wildman–Crippen LogP) is 3.27. The highest BCUT2D eigenvalue weighted by atomic mass is 35.5. The Hall–Kier alpha value is -2.13. The van der Waals surface area contributed by atoms with Crippen LogP contribution in [0.5, 0.6) is 0 Å². The van der Waals surface area contributed by atoms with Crippen LogP contribution in [0.15, 0.2) is 48.5 Å². The Morgan fingerprint density at radius 3 is 2.22 bits per heavy atom. The monoisotopic (exact) mass is 260 g/mol. The molecule has 0 aromatic heterocycles. The fraction of sp³-hybridized carbons (Fsp3) is 0. The van der Waals surface area contributed by atoms with E-state index in [0.29, 0.717) is 5.02 Å². The fourth-order valence-electron chi connectivity index (χ4n) is 1.63. The van der Waals surface area contributed by atoms with E-state index in [1.54, 1.807) is 6.07 Å². The largest absolute Gasteiger partial charge is 0.475 e. The minimum Gasteiger partial charge on any atom is -0.475 e. The Morgan fingerprint density at radius 1 is 1.00 bits per heavy atom. The van der Waals surface area contributed by atoms with Gasteiger partial charge in [-0.3, -0.25) is 4.79 Å². The summed E-state index contributed by atoms with van der Waals surface area (Å²) in [6.45, 7) is 0. The highest BCUT2D eigenvalue weighted by Gasteiger charge is 2.15. The van der Waals surface area contributed by atoms with Crippen LogP contribution in [-0.2, 0) is 4.79 Å². The molecule has 90 valence electrons. The van der Waals surface area contributed by atoms with E-state index in [1.807, 2.05) is 30.3 Å². The molecule has 18 heavy (non-hydrogen) atoms. The van der Waals surface area contributed by atoms with Crippen LogP contribution in [0, 0.1) is 0 Å². The van der Waals surface area contributed by atoms with Gasteiger partial charge in [-0.25, -0.2) is 4.79 Å². The number of carbonyl (C=O) groups is 2. The van der Waals surface area contributed by atoms with E-state index in [9.17, 15) is 9.59 Å². The van der Waals surface area contributed by atoms with Crippen LogP contribution in [-0.4, -0.2) is 16.9 Å². The van der Waals surface area contributed by atoms with E-state index in [1.165, 1.54) is 12.1 Å². The Kier molecular flexibility index (Phi) is 3.44. The Labute approximate surface area is 109 Å². The summed E-state index contributed by atoms with van der Waals surface area (Å²) >= 11 is 6.07. The molecule has 0 aliphatic rings. The molecule has 0 atom stereocenters. The van der Waals surface area contributed by atoms with Crippen LogP contribution in [0.25, 0.3) is 11.1 Å². The van der Waals surface area contributed by atoms with Gasteiger partial charge in [0.2, 0.25) is 0 Å². The highest BCUT2D eigenvalue weighted by molar-refractivity contribution is 6.41. The van der Waals surface area contributed by atoms with Crippen molar-refractivity contribution in [2.24, 2.45) is 0 Å². The molecule has 2 aromatic carbocycles. The summed E-state index contributed by atoms with van der Waals surface area (Å²) in [6, 6.07) is 13.9. The Morgan fingerprint density at radius 2 is 1.67 bits per heavy atom. The number of carbonyl (C=O) groups excluding carboxylic acids is 1. The van der Waals surface area contributed by atoms with Gasteiger partial charge in [-0.1, -0.05) is 54.1 Å². The molecule has 1 N–H and O–H groups in total. The first-order chi connectivity index (χ1) is 8.59. The van der Waals surface area contributed by atoms with E-state index in [0.717, 1.165) is 11.1 Å². The molecule has 0 heterocycles. The van der Waals surface area contributed by atoms with Crippen LogP contribution >= 0.6 is 11.6 Å². The van der Waals surface area contributed by atoms with Crippen molar-refractivity contribution in [2.45, 2.75) is 0 Å². The number of hydrogen-bond donors (Lipinski definition) is 1. The highest BCUT2D eigenvalue weighted by Crippen LogP contribution is 2.28. The second-order valence-electron chi connectivity index (χ2n) is 3.69. The van der Waals surface area contributed by atoms with Crippen molar-refractivity contribution in [1.82, 2.24) is 0 Å². The molecule has 0 fully saturated rings. The maximum Gasteiger partial charge on any atom is 0.377 e. The standard InChI is InChI=1S/C14H9ClO3/c15-12-8-10(13(16)14(17)18)6-7-11(12)9-4-2-1-3-5-9/h1-8H,(H,17,18). The molecule has 0 bridgehead atoms. The Balaban J connectivity index is 2.43. The lowest BCUT2D eigenvalue weighted by atomic mass is 10.0. The topological polar surface area (TPSA) is 54.4 Å². The second-order valence-corrected chi connectivity index (χ2v) is 4.10. The fourth-order valence-corrected chi connectivity index (χ4v) is 1.92. The molecule has 0 unspecified atom stereocenters. The molecule has 0 saturated carbocycles. The quantitative estimate of drug-likeness (QED) is 0.681. The number of aliphatic carboxylic acids is 1. The van der Waals surface area contributed by atoms with Crippen LogP contribution in [0.1, 0.15) is 10.4 Å². The van der Waals surface area contributed by atoms with E-state index in [4.69, 9.17) is 16.7 Å². The summed E-state index contributed by atoms with van der Waals surface area (Å²) in [7, 11) is 0. The van der Waals surface area contributed by atoms with Crippen LogP contribution < -0.4 is 0 Å². The van der Waals surface area contributed by atoms with Crippen molar-refractivity contribution in [1.29, 1.82) is 0 Å². The number of carboxylic acid groups (broad SMARTS) is 1. The van der Waals surface area contributed by atoms with Crippen molar-refractivity contribution in [3.8, 4) is 11.1 Å². The van der Waals surface area contributed by atoms with E-state index in [2.05, 4.69) is 0 Å². The van der Waals surface area contributed by atoms with Gasteiger partial charge in [-0.15, -0.1) is 0 Å². The third-order valence-electron chi connectivity index (χ3n) is 2.51. The molecule has 0 aliphatic heterocycles. The lowest BCUT2D eigenvalue weighted by Gasteiger charge is -2.05. The molecular weight excluding hydrogens is 252 g/mol. The van der Waals surface area contributed by atoms with Crippen molar-refractivity contribution < 1.29 is 14.7 Å². The first kappa shape index (κ1) is 12.3. The van der Waals surface area contributed by atoms with Gasteiger partial charge >= 0.3 is 5.97 Å². The maximum atomic E-state index is 11.3. The molecule has 0 radical (unpaired) electrons. The first-order valence-corrected chi connectivity index (χ1v) is 5.60. The van der Waals surface area contributed by atoms with Crippen molar-refractivity contribution in [2.75, 3.05) is 0 Å². The smallest absolute Gasteiger partial charge is 0.377 e. The third kappa shape index (κ3) is 2.41. The zero-order valence-corrected chi connectivity index (χ0v) is 10.0. The number of halogens is 1. The van der Waals surface area contributed by atoms with Crippen LogP contribution in [0.4, 0.5) is 0 Å². The third-order valence-corrected chi connectivity index (χ3v) is 2.82. The number of benzene rings is 2. The molecule has 2 aromatic rings. The zero-order chi connectivity index (χ0) is 13.1. The molecule has 4 heteroatoms. The summed E-state index contributed by atoms with van der Waals surface area (Å²) in [6.07, 6.45) is 0. The molecule has 0 amide bonds. The van der Waals surface area contributed by atoms with Crippen molar-refractivity contribution in [3.63, 3.8) is 0 Å². The molecule has 0 saturated heterocycles. The number of Topliss-reactive ketones (excluding diaryl/α,β-unsaturated/α-hetero) is 1. The van der Waals surface area contributed by atoms with E-state index in [-0.39, 0.29) is 5.56 Å². The lowest BCUT2D eigenvalue weighted by Crippen LogP contribution is -2.12. The maximum absolute atomic E-state index is 11.3. The molecule has 2 rings (SSSR count). The van der Waals surface area contributed by atoms with Crippen LogP contribution in [0.2, 0.25) is 5.02 Å². The number of carboxylic acids is 1. The molecular formula is C14H9ClO3. The number of rotatable bonds is 3. The van der Waals surface area contributed by atoms with Gasteiger partial charge in [-0.05, 0) is 11.6 Å².